The van der Waals surface area contributed by atoms with E-state index in [1.807, 2.05) is 38.4 Å². The van der Waals surface area contributed by atoms with Gasteiger partial charge in [0.25, 0.3) is 0 Å². The second-order valence-corrected chi connectivity index (χ2v) is 5.93. The summed E-state index contributed by atoms with van der Waals surface area (Å²) in [4.78, 5) is 15.3. The molecule has 0 radical (unpaired) electrons. The fourth-order valence-electron chi connectivity index (χ4n) is 2.67. The molecule has 0 spiro atoms. The highest BCUT2D eigenvalue weighted by atomic mass is 16.5. The Morgan fingerprint density at radius 3 is 2.55 bits per heavy atom. The number of piperidine rings is 1. The van der Waals surface area contributed by atoms with E-state index in [1.165, 1.54) is 0 Å². The van der Waals surface area contributed by atoms with Crippen LogP contribution in [0.3, 0.4) is 0 Å². The van der Waals surface area contributed by atoms with Crippen LogP contribution in [0.1, 0.15) is 24.0 Å². The second-order valence-electron chi connectivity index (χ2n) is 5.93. The maximum Gasteiger partial charge on any atom is 0.225 e. The number of rotatable bonds is 4. The minimum atomic E-state index is 0.572. The summed E-state index contributed by atoms with van der Waals surface area (Å²) >= 11 is 0. The third-order valence-corrected chi connectivity index (χ3v) is 4.08. The van der Waals surface area contributed by atoms with Crippen LogP contribution in [-0.2, 0) is 0 Å². The average Bonchev–Trinajstić information content (AvgIpc) is 2.55. The van der Waals surface area contributed by atoms with Gasteiger partial charge in [-0.2, -0.15) is 0 Å². The zero-order valence-corrected chi connectivity index (χ0v) is 13.2. The highest BCUT2D eigenvalue weighted by Crippen LogP contribution is 2.22. The van der Waals surface area contributed by atoms with Gasteiger partial charge in [-0.25, -0.2) is 15.0 Å². The molecule has 0 aliphatic carbocycles. The van der Waals surface area contributed by atoms with Crippen molar-refractivity contribution in [2.24, 2.45) is 5.92 Å². The molecule has 0 N–H and O–H groups in total. The molecule has 1 fully saturated rings. The minimum Gasteiger partial charge on any atom is -0.477 e. The van der Waals surface area contributed by atoms with Crippen LogP contribution in [0.2, 0.25) is 0 Å². The first-order valence-corrected chi connectivity index (χ1v) is 7.80. The SMILES string of the molecule is Cc1cnc(N2CCC(COc3ncccc3C)CC2)nc1. The molecule has 5 nitrogen and oxygen atoms in total. The van der Waals surface area contributed by atoms with Gasteiger partial charge in [-0.15, -0.1) is 0 Å². The number of nitrogens with zero attached hydrogens (tertiary/aromatic N) is 4. The van der Waals surface area contributed by atoms with E-state index in [1.54, 1.807) is 6.20 Å². The van der Waals surface area contributed by atoms with Crippen molar-refractivity contribution < 1.29 is 4.74 Å². The monoisotopic (exact) mass is 298 g/mol. The molecule has 3 rings (SSSR count). The van der Waals surface area contributed by atoms with Crippen molar-refractivity contribution in [3.8, 4) is 5.88 Å². The topological polar surface area (TPSA) is 51.1 Å². The highest BCUT2D eigenvalue weighted by molar-refractivity contribution is 5.30. The number of ether oxygens (including phenoxy) is 1. The average molecular weight is 298 g/mol. The summed E-state index contributed by atoms with van der Waals surface area (Å²) in [5.74, 6) is 2.17. The van der Waals surface area contributed by atoms with Gasteiger partial charge in [0.15, 0.2) is 0 Å². The normalized spacial score (nSPS) is 15.8. The summed E-state index contributed by atoms with van der Waals surface area (Å²) in [5.41, 5.74) is 2.19. The zero-order chi connectivity index (χ0) is 15.4. The van der Waals surface area contributed by atoms with Gasteiger partial charge in [0.1, 0.15) is 0 Å². The first kappa shape index (κ1) is 14.8. The van der Waals surface area contributed by atoms with Gasteiger partial charge >= 0.3 is 0 Å². The fraction of sp³-hybridized carbons (Fsp3) is 0.471. The largest absolute Gasteiger partial charge is 0.477 e. The Hall–Kier alpha value is -2.17. The van der Waals surface area contributed by atoms with Crippen LogP contribution in [0.15, 0.2) is 30.7 Å². The fourth-order valence-corrected chi connectivity index (χ4v) is 2.67. The summed E-state index contributed by atoms with van der Waals surface area (Å²) < 4.78 is 5.87. The van der Waals surface area contributed by atoms with Crippen molar-refractivity contribution in [3.05, 3.63) is 41.9 Å². The molecule has 0 atom stereocenters. The first-order chi connectivity index (χ1) is 10.7. The molecule has 0 aromatic carbocycles. The number of pyridine rings is 1. The molecule has 22 heavy (non-hydrogen) atoms. The lowest BCUT2D eigenvalue weighted by molar-refractivity contribution is 0.214. The molecule has 0 unspecified atom stereocenters. The van der Waals surface area contributed by atoms with Crippen molar-refractivity contribution in [2.45, 2.75) is 26.7 Å². The maximum atomic E-state index is 5.87. The van der Waals surface area contributed by atoms with Crippen LogP contribution in [0, 0.1) is 19.8 Å². The van der Waals surface area contributed by atoms with Crippen molar-refractivity contribution in [1.29, 1.82) is 0 Å². The van der Waals surface area contributed by atoms with Gasteiger partial charge in [-0.05, 0) is 44.2 Å². The number of hydrogen-bond donors (Lipinski definition) is 0. The molecule has 0 saturated carbocycles. The van der Waals surface area contributed by atoms with Crippen LogP contribution in [0.5, 0.6) is 5.88 Å². The summed E-state index contributed by atoms with van der Waals surface area (Å²) in [5, 5.41) is 0. The third kappa shape index (κ3) is 3.53. The number of hydrogen-bond acceptors (Lipinski definition) is 5. The van der Waals surface area contributed by atoms with Gasteiger partial charge in [0.05, 0.1) is 6.61 Å². The van der Waals surface area contributed by atoms with E-state index in [9.17, 15) is 0 Å². The Morgan fingerprint density at radius 2 is 1.86 bits per heavy atom. The molecule has 3 heterocycles. The van der Waals surface area contributed by atoms with Gasteiger partial charge in [-0.1, -0.05) is 6.07 Å². The molecular weight excluding hydrogens is 276 g/mol. The van der Waals surface area contributed by atoms with Crippen molar-refractivity contribution in [1.82, 2.24) is 15.0 Å². The second kappa shape index (κ2) is 6.73. The lowest BCUT2D eigenvalue weighted by Crippen LogP contribution is -2.36. The first-order valence-electron chi connectivity index (χ1n) is 7.80. The minimum absolute atomic E-state index is 0.572. The molecule has 1 aliphatic rings. The van der Waals surface area contributed by atoms with Crippen LogP contribution >= 0.6 is 0 Å². The summed E-state index contributed by atoms with van der Waals surface area (Å²) in [6, 6.07) is 3.96. The van der Waals surface area contributed by atoms with Gasteiger partial charge in [0.2, 0.25) is 11.8 Å². The van der Waals surface area contributed by atoms with E-state index < -0.39 is 0 Å². The number of aromatic nitrogens is 3. The van der Waals surface area contributed by atoms with Crippen LogP contribution in [0.4, 0.5) is 5.95 Å². The molecule has 1 saturated heterocycles. The van der Waals surface area contributed by atoms with Gasteiger partial charge in [-0.3, -0.25) is 0 Å². The standard InChI is InChI=1S/C17H22N4O/c1-13-10-19-17(20-11-13)21-8-5-15(6-9-21)12-22-16-14(2)4-3-7-18-16/h3-4,7,10-11,15H,5-6,8-9,12H2,1-2H3. The van der Waals surface area contributed by atoms with E-state index in [0.717, 1.165) is 55.5 Å². The molecule has 2 aromatic heterocycles. The Balaban J connectivity index is 1.49. The van der Waals surface area contributed by atoms with E-state index in [4.69, 9.17) is 4.74 Å². The molecule has 5 heteroatoms. The van der Waals surface area contributed by atoms with E-state index in [0.29, 0.717) is 5.92 Å². The van der Waals surface area contributed by atoms with Gasteiger partial charge < -0.3 is 9.64 Å². The summed E-state index contributed by atoms with van der Waals surface area (Å²) in [6.45, 7) is 6.74. The lowest BCUT2D eigenvalue weighted by atomic mass is 9.98. The van der Waals surface area contributed by atoms with Crippen LogP contribution < -0.4 is 9.64 Å². The number of aryl methyl sites for hydroxylation is 2. The maximum absolute atomic E-state index is 5.87. The molecule has 0 amide bonds. The highest BCUT2D eigenvalue weighted by Gasteiger charge is 2.21. The summed E-state index contributed by atoms with van der Waals surface area (Å²) in [6.07, 6.45) is 7.73. The summed E-state index contributed by atoms with van der Waals surface area (Å²) in [7, 11) is 0. The molecule has 0 bridgehead atoms. The molecule has 1 aliphatic heterocycles. The van der Waals surface area contributed by atoms with E-state index >= 15 is 0 Å². The Kier molecular flexibility index (Phi) is 4.51. The quantitative estimate of drug-likeness (QED) is 0.868. The smallest absolute Gasteiger partial charge is 0.225 e. The predicted molar refractivity (Wildman–Crippen MR) is 86.2 cm³/mol. The number of anilines is 1. The van der Waals surface area contributed by atoms with Crippen molar-refractivity contribution >= 4 is 5.95 Å². The predicted octanol–water partition coefficient (Wildman–Crippen LogP) is 2.78. The molecular formula is C17H22N4O. The van der Waals surface area contributed by atoms with E-state index in [2.05, 4.69) is 19.9 Å². The van der Waals surface area contributed by atoms with Crippen LogP contribution in [0.25, 0.3) is 0 Å². The van der Waals surface area contributed by atoms with Crippen molar-refractivity contribution in [2.75, 3.05) is 24.6 Å². The Labute approximate surface area is 131 Å². The Bertz CT molecular complexity index is 606. The Morgan fingerprint density at radius 1 is 1.14 bits per heavy atom. The molecule has 2 aromatic rings. The zero-order valence-electron chi connectivity index (χ0n) is 13.2. The van der Waals surface area contributed by atoms with Crippen LogP contribution in [-0.4, -0.2) is 34.6 Å². The van der Waals surface area contributed by atoms with Gasteiger partial charge in [0, 0.05) is 37.2 Å². The molecule has 116 valence electrons. The lowest BCUT2D eigenvalue weighted by Gasteiger charge is -2.31. The third-order valence-electron chi connectivity index (χ3n) is 4.08. The van der Waals surface area contributed by atoms with Crippen molar-refractivity contribution in [3.63, 3.8) is 0 Å². The van der Waals surface area contributed by atoms with E-state index in [-0.39, 0.29) is 0 Å².